The Balaban J connectivity index is 2.57. The highest BCUT2D eigenvalue weighted by molar-refractivity contribution is 5.88. The van der Waals surface area contributed by atoms with E-state index in [1.165, 1.54) is 22.3 Å². The maximum absolute atomic E-state index is 7.70. The number of hydrogen-bond acceptors (Lipinski definition) is 1. The molecule has 0 saturated carbocycles. The largest absolute Gasteiger partial charge is 0.310 e. The van der Waals surface area contributed by atoms with E-state index in [9.17, 15) is 0 Å². The standard InChI is InChI=1S/C15H19N/c1-10(16)9-14-11(2)12-7-5-6-8-13(12)15(14,3)4/h5-8,16H,9H2,1-4H3. The van der Waals surface area contributed by atoms with Crippen LogP contribution < -0.4 is 0 Å². The fraction of sp³-hybridized carbons (Fsp3) is 0.400. The molecule has 1 aliphatic carbocycles. The minimum absolute atomic E-state index is 0.0863. The molecule has 1 aromatic rings. The lowest BCUT2D eigenvalue weighted by Gasteiger charge is -2.24. The molecule has 16 heavy (non-hydrogen) atoms. The summed E-state index contributed by atoms with van der Waals surface area (Å²) in [6, 6.07) is 8.61. The summed E-state index contributed by atoms with van der Waals surface area (Å²) in [6.07, 6.45) is 0.799. The topological polar surface area (TPSA) is 23.9 Å². The van der Waals surface area contributed by atoms with Gasteiger partial charge in [0.25, 0.3) is 0 Å². The van der Waals surface area contributed by atoms with Gasteiger partial charge in [0.1, 0.15) is 0 Å². The van der Waals surface area contributed by atoms with Crippen LogP contribution in [0.4, 0.5) is 0 Å². The molecule has 0 amide bonds. The number of hydrogen-bond donors (Lipinski definition) is 1. The van der Waals surface area contributed by atoms with Crippen molar-refractivity contribution >= 4 is 11.3 Å². The van der Waals surface area contributed by atoms with Gasteiger partial charge >= 0.3 is 0 Å². The molecule has 0 aliphatic heterocycles. The third-order valence-electron chi connectivity index (χ3n) is 3.65. The van der Waals surface area contributed by atoms with E-state index in [0.29, 0.717) is 0 Å². The smallest absolute Gasteiger partial charge is 0.0121 e. The van der Waals surface area contributed by atoms with Crippen LogP contribution in [0.1, 0.15) is 45.2 Å². The molecule has 0 atom stereocenters. The average Bonchev–Trinajstić information content (AvgIpc) is 2.41. The Morgan fingerprint density at radius 2 is 1.88 bits per heavy atom. The molecular weight excluding hydrogens is 194 g/mol. The first-order chi connectivity index (χ1) is 7.44. The Labute approximate surface area is 97.7 Å². The van der Waals surface area contributed by atoms with Crippen molar-refractivity contribution in [3.05, 3.63) is 41.0 Å². The van der Waals surface area contributed by atoms with Gasteiger partial charge in [-0.25, -0.2) is 0 Å². The molecule has 1 aliphatic rings. The summed E-state index contributed by atoms with van der Waals surface area (Å²) in [5.74, 6) is 0. The van der Waals surface area contributed by atoms with Crippen LogP contribution in [0.3, 0.4) is 0 Å². The van der Waals surface area contributed by atoms with E-state index in [1.807, 2.05) is 6.92 Å². The van der Waals surface area contributed by atoms with Crippen LogP contribution in [-0.2, 0) is 5.41 Å². The van der Waals surface area contributed by atoms with Crippen LogP contribution in [0, 0.1) is 5.41 Å². The van der Waals surface area contributed by atoms with Gasteiger partial charge < -0.3 is 5.41 Å². The number of allylic oxidation sites excluding steroid dienone is 2. The zero-order chi connectivity index (χ0) is 11.9. The lowest BCUT2D eigenvalue weighted by molar-refractivity contribution is 0.629. The van der Waals surface area contributed by atoms with Gasteiger partial charge in [-0.3, -0.25) is 0 Å². The molecule has 0 saturated heterocycles. The van der Waals surface area contributed by atoms with Gasteiger partial charge in [0.2, 0.25) is 0 Å². The van der Waals surface area contributed by atoms with E-state index in [2.05, 4.69) is 45.0 Å². The van der Waals surface area contributed by atoms with Crippen molar-refractivity contribution in [3.63, 3.8) is 0 Å². The molecule has 0 bridgehead atoms. The lowest BCUT2D eigenvalue weighted by Crippen LogP contribution is -2.18. The third-order valence-corrected chi connectivity index (χ3v) is 3.65. The first-order valence-corrected chi connectivity index (χ1v) is 5.78. The van der Waals surface area contributed by atoms with Crippen molar-refractivity contribution in [2.24, 2.45) is 0 Å². The first kappa shape index (κ1) is 11.1. The van der Waals surface area contributed by atoms with Gasteiger partial charge in [0.15, 0.2) is 0 Å². The zero-order valence-corrected chi connectivity index (χ0v) is 10.5. The highest BCUT2D eigenvalue weighted by atomic mass is 14.4. The number of fused-ring (bicyclic) bond motifs is 1. The van der Waals surface area contributed by atoms with Crippen molar-refractivity contribution < 1.29 is 0 Å². The summed E-state index contributed by atoms with van der Waals surface area (Å²) in [4.78, 5) is 0. The molecular formula is C15H19N. The van der Waals surface area contributed by atoms with Gasteiger partial charge in [-0.2, -0.15) is 0 Å². The molecule has 0 unspecified atom stereocenters. The maximum Gasteiger partial charge on any atom is 0.0121 e. The minimum Gasteiger partial charge on any atom is -0.310 e. The van der Waals surface area contributed by atoms with Crippen molar-refractivity contribution in [2.45, 2.75) is 39.5 Å². The average molecular weight is 213 g/mol. The van der Waals surface area contributed by atoms with Crippen LogP contribution in [0.5, 0.6) is 0 Å². The highest BCUT2D eigenvalue weighted by Crippen LogP contribution is 2.47. The van der Waals surface area contributed by atoms with E-state index < -0.39 is 0 Å². The summed E-state index contributed by atoms with van der Waals surface area (Å²) < 4.78 is 0. The van der Waals surface area contributed by atoms with Gasteiger partial charge in [0.05, 0.1) is 0 Å². The molecule has 1 heteroatoms. The SMILES string of the molecule is CC(=N)CC1=C(C)c2ccccc2C1(C)C. The molecule has 0 heterocycles. The maximum atomic E-state index is 7.70. The van der Waals surface area contributed by atoms with Crippen molar-refractivity contribution in [1.29, 1.82) is 5.41 Å². The number of benzene rings is 1. The normalized spacial score (nSPS) is 17.5. The van der Waals surface area contributed by atoms with E-state index in [1.54, 1.807) is 0 Å². The molecule has 1 aromatic carbocycles. The highest BCUT2D eigenvalue weighted by Gasteiger charge is 2.35. The predicted octanol–water partition coefficient (Wildman–Crippen LogP) is 4.18. The molecule has 1 nitrogen and oxygen atoms in total. The van der Waals surface area contributed by atoms with Crippen LogP contribution in [-0.4, -0.2) is 5.71 Å². The lowest BCUT2D eigenvalue weighted by atomic mass is 9.79. The van der Waals surface area contributed by atoms with Gasteiger partial charge in [-0.15, -0.1) is 0 Å². The Kier molecular flexibility index (Phi) is 2.49. The Hall–Kier alpha value is -1.37. The predicted molar refractivity (Wildman–Crippen MR) is 70.1 cm³/mol. The molecule has 0 aromatic heterocycles. The zero-order valence-electron chi connectivity index (χ0n) is 10.5. The molecule has 0 fully saturated rings. The van der Waals surface area contributed by atoms with E-state index in [4.69, 9.17) is 5.41 Å². The fourth-order valence-corrected chi connectivity index (χ4v) is 2.77. The minimum atomic E-state index is 0.0863. The van der Waals surface area contributed by atoms with Crippen LogP contribution in [0.2, 0.25) is 0 Å². The Morgan fingerprint density at radius 1 is 1.25 bits per heavy atom. The van der Waals surface area contributed by atoms with E-state index in [-0.39, 0.29) is 5.41 Å². The fourth-order valence-electron chi connectivity index (χ4n) is 2.77. The van der Waals surface area contributed by atoms with Gasteiger partial charge in [-0.1, -0.05) is 43.7 Å². The van der Waals surface area contributed by atoms with Gasteiger partial charge in [0, 0.05) is 17.5 Å². The second kappa shape index (κ2) is 3.58. The Bertz CT molecular complexity index is 478. The second-order valence-electron chi connectivity index (χ2n) is 5.23. The number of nitrogens with one attached hydrogen (secondary N) is 1. The molecule has 0 radical (unpaired) electrons. The summed E-state index contributed by atoms with van der Waals surface area (Å²) in [6.45, 7) is 8.60. The second-order valence-corrected chi connectivity index (χ2v) is 5.23. The molecule has 0 spiro atoms. The molecule has 2 rings (SSSR count). The Morgan fingerprint density at radius 3 is 2.44 bits per heavy atom. The van der Waals surface area contributed by atoms with Crippen LogP contribution in [0.15, 0.2) is 29.8 Å². The summed E-state index contributed by atoms with van der Waals surface area (Å²) >= 11 is 0. The molecule has 84 valence electrons. The van der Waals surface area contributed by atoms with E-state index in [0.717, 1.165) is 12.1 Å². The van der Waals surface area contributed by atoms with E-state index >= 15 is 0 Å². The summed E-state index contributed by atoms with van der Waals surface area (Å²) in [5, 5.41) is 7.70. The van der Waals surface area contributed by atoms with Crippen molar-refractivity contribution in [3.8, 4) is 0 Å². The monoisotopic (exact) mass is 213 g/mol. The van der Waals surface area contributed by atoms with Gasteiger partial charge in [-0.05, 0) is 30.5 Å². The first-order valence-electron chi connectivity index (χ1n) is 5.78. The van der Waals surface area contributed by atoms with Crippen LogP contribution in [0.25, 0.3) is 5.57 Å². The summed E-state index contributed by atoms with van der Waals surface area (Å²) in [5.41, 5.74) is 6.37. The van der Waals surface area contributed by atoms with Crippen molar-refractivity contribution in [2.75, 3.05) is 0 Å². The van der Waals surface area contributed by atoms with Crippen molar-refractivity contribution in [1.82, 2.24) is 0 Å². The number of rotatable bonds is 2. The van der Waals surface area contributed by atoms with Crippen LogP contribution >= 0.6 is 0 Å². The summed E-state index contributed by atoms with van der Waals surface area (Å²) in [7, 11) is 0. The third kappa shape index (κ3) is 1.51. The quantitative estimate of drug-likeness (QED) is 0.713. The molecule has 1 N–H and O–H groups in total.